The van der Waals surface area contributed by atoms with Crippen molar-refractivity contribution in [2.75, 3.05) is 20.3 Å². The zero-order chi connectivity index (χ0) is 21.7. The van der Waals surface area contributed by atoms with Gasteiger partial charge in [-0.05, 0) is 23.3 Å². The largest absolute Gasteiger partial charge is 0.491 e. The number of nitrogens with zero attached hydrogens (tertiary/aromatic N) is 1. The lowest BCUT2D eigenvalue weighted by Crippen LogP contribution is -2.51. The number of hydrogen-bond acceptors (Lipinski definition) is 5. The second-order valence-electron chi connectivity index (χ2n) is 7.05. The lowest BCUT2D eigenvalue weighted by Gasteiger charge is -2.28. The van der Waals surface area contributed by atoms with Crippen LogP contribution in [0.15, 0.2) is 54.6 Å². The Morgan fingerprint density at radius 1 is 1.10 bits per heavy atom. The van der Waals surface area contributed by atoms with Crippen molar-refractivity contribution >= 4 is 17.8 Å². The summed E-state index contributed by atoms with van der Waals surface area (Å²) in [5.41, 5.74) is 7.00. The Hall–Kier alpha value is -3.39. The van der Waals surface area contributed by atoms with E-state index in [0.29, 0.717) is 24.5 Å². The van der Waals surface area contributed by atoms with Gasteiger partial charge >= 0.3 is 6.03 Å². The molecule has 0 aliphatic carbocycles. The normalized spacial score (nSPS) is 18.1. The summed E-state index contributed by atoms with van der Waals surface area (Å²) in [6.07, 6.45) is 0. The molecule has 0 spiro atoms. The molecule has 1 aliphatic rings. The summed E-state index contributed by atoms with van der Waals surface area (Å²) in [7, 11) is 1.59. The summed E-state index contributed by atoms with van der Waals surface area (Å²) in [6, 6.07) is 13.4. The number of imide groups is 1. The van der Waals surface area contributed by atoms with Crippen LogP contribution < -0.4 is 15.8 Å². The van der Waals surface area contributed by atoms with Crippen molar-refractivity contribution in [3.05, 3.63) is 65.7 Å². The van der Waals surface area contributed by atoms with Crippen molar-refractivity contribution in [3.8, 4) is 5.75 Å². The first kappa shape index (κ1) is 21.3. The molecule has 1 saturated heterocycles. The van der Waals surface area contributed by atoms with Crippen LogP contribution >= 0.6 is 0 Å². The lowest BCUT2D eigenvalue weighted by molar-refractivity contribution is -0.135. The van der Waals surface area contributed by atoms with Gasteiger partial charge in [-0.3, -0.25) is 9.59 Å². The molecule has 8 nitrogen and oxygen atoms in total. The zero-order valence-electron chi connectivity index (χ0n) is 16.9. The topological polar surface area (TPSA) is 111 Å². The van der Waals surface area contributed by atoms with Gasteiger partial charge in [-0.15, -0.1) is 0 Å². The molecule has 0 saturated carbocycles. The number of amides is 4. The summed E-state index contributed by atoms with van der Waals surface area (Å²) in [5.74, 6) is -1.08. The van der Waals surface area contributed by atoms with Crippen molar-refractivity contribution in [2.45, 2.75) is 24.9 Å². The van der Waals surface area contributed by atoms with Crippen molar-refractivity contribution in [1.82, 2.24) is 10.2 Å². The SMILES string of the molecule is COCCOc1ccc(C2NC(=O)N(C(C(N)=O)C(C)c3ccccc3)C2=O)cc1. The maximum Gasteiger partial charge on any atom is 0.325 e. The fraction of sp³-hybridized carbons (Fsp3) is 0.318. The van der Waals surface area contributed by atoms with E-state index in [1.165, 1.54) is 0 Å². The Labute approximate surface area is 174 Å². The van der Waals surface area contributed by atoms with Gasteiger partial charge in [0.1, 0.15) is 24.4 Å². The number of urea groups is 1. The van der Waals surface area contributed by atoms with E-state index in [4.69, 9.17) is 15.2 Å². The van der Waals surface area contributed by atoms with Crippen molar-refractivity contribution in [2.24, 2.45) is 5.73 Å². The first-order valence-electron chi connectivity index (χ1n) is 9.63. The zero-order valence-corrected chi connectivity index (χ0v) is 16.9. The van der Waals surface area contributed by atoms with Gasteiger partial charge in [-0.25, -0.2) is 9.69 Å². The van der Waals surface area contributed by atoms with E-state index in [2.05, 4.69) is 5.32 Å². The smallest absolute Gasteiger partial charge is 0.325 e. The molecule has 1 heterocycles. The minimum Gasteiger partial charge on any atom is -0.491 e. The van der Waals surface area contributed by atoms with Crippen LogP contribution in [0.2, 0.25) is 0 Å². The minimum absolute atomic E-state index is 0.403. The average molecular weight is 411 g/mol. The number of benzene rings is 2. The van der Waals surface area contributed by atoms with Gasteiger partial charge in [0.05, 0.1) is 6.61 Å². The summed E-state index contributed by atoms with van der Waals surface area (Å²) < 4.78 is 10.5. The first-order chi connectivity index (χ1) is 14.4. The molecular weight excluding hydrogens is 386 g/mol. The fourth-order valence-corrected chi connectivity index (χ4v) is 3.52. The van der Waals surface area contributed by atoms with Crippen LogP contribution in [0.3, 0.4) is 0 Å². The molecule has 4 amide bonds. The quantitative estimate of drug-likeness (QED) is 0.484. The third kappa shape index (κ3) is 4.44. The minimum atomic E-state index is -1.10. The Morgan fingerprint density at radius 3 is 2.37 bits per heavy atom. The number of rotatable bonds is 9. The van der Waals surface area contributed by atoms with E-state index in [1.54, 1.807) is 38.3 Å². The molecule has 30 heavy (non-hydrogen) atoms. The Bertz CT molecular complexity index is 901. The van der Waals surface area contributed by atoms with E-state index >= 15 is 0 Å². The van der Waals surface area contributed by atoms with E-state index in [-0.39, 0.29) is 0 Å². The Morgan fingerprint density at radius 2 is 1.77 bits per heavy atom. The predicted molar refractivity (Wildman–Crippen MR) is 110 cm³/mol. The molecule has 2 aromatic rings. The van der Waals surface area contributed by atoms with Gasteiger partial charge in [0.25, 0.3) is 5.91 Å². The number of carbonyl (C=O) groups is 3. The van der Waals surface area contributed by atoms with Crippen LogP contribution in [-0.2, 0) is 14.3 Å². The summed E-state index contributed by atoms with van der Waals surface area (Å²) in [4.78, 5) is 38.9. The van der Waals surface area contributed by atoms with E-state index < -0.39 is 35.8 Å². The molecule has 0 radical (unpaired) electrons. The third-order valence-corrected chi connectivity index (χ3v) is 5.11. The highest BCUT2D eigenvalue weighted by Gasteiger charge is 2.46. The van der Waals surface area contributed by atoms with Gasteiger partial charge in [0.2, 0.25) is 5.91 Å². The van der Waals surface area contributed by atoms with Crippen LogP contribution in [0.5, 0.6) is 5.75 Å². The molecule has 3 N–H and O–H groups in total. The van der Waals surface area contributed by atoms with Crippen molar-refractivity contribution in [3.63, 3.8) is 0 Å². The molecule has 3 rings (SSSR count). The molecule has 3 unspecified atom stereocenters. The average Bonchev–Trinajstić information content (AvgIpc) is 3.04. The number of nitrogens with two attached hydrogens (primary N) is 1. The standard InChI is InChI=1S/C22H25N3O5/c1-14(15-6-4-3-5-7-15)19(20(23)26)25-21(27)18(24-22(25)28)16-8-10-17(11-9-16)30-13-12-29-2/h3-11,14,18-19H,12-13H2,1-2H3,(H2,23,26)(H,24,28). The van der Waals surface area contributed by atoms with Gasteiger partial charge < -0.3 is 20.5 Å². The molecular formula is C22H25N3O5. The van der Waals surface area contributed by atoms with Crippen LogP contribution in [0, 0.1) is 0 Å². The van der Waals surface area contributed by atoms with Gasteiger partial charge in [0.15, 0.2) is 0 Å². The molecule has 2 aromatic carbocycles. The molecule has 3 atom stereocenters. The number of carbonyl (C=O) groups excluding carboxylic acids is 3. The van der Waals surface area contributed by atoms with E-state index in [9.17, 15) is 14.4 Å². The maximum atomic E-state index is 13.1. The van der Waals surface area contributed by atoms with Gasteiger partial charge in [-0.1, -0.05) is 49.4 Å². The Kier molecular flexibility index (Phi) is 6.68. The molecule has 1 fully saturated rings. The monoisotopic (exact) mass is 411 g/mol. The van der Waals surface area contributed by atoms with Gasteiger partial charge in [0, 0.05) is 13.0 Å². The molecule has 158 valence electrons. The van der Waals surface area contributed by atoms with Crippen LogP contribution in [0.4, 0.5) is 4.79 Å². The number of primary amides is 1. The second-order valence-corrected chi connectivity index (χ2v) is 7.05. The molecule has 8 heteroatoms. The highest BCUT2D eigenvalue weighted by Crippen LogP contribution is 2.30. The van der Waals surface area contributed by atoms with Crippen LogP contribution in [-0.4, -0.2) is 49.1 Å². The third-order valence-electron chi connectivity index (χ3n) is 5.11. The van der Waals surface area contributed by atoms with Gasteiger partial charge in [-0.2, -0.15) is 0 Å². The highest BCUT2D eigenvalue weighted by molar-refractivity contribution is 6.08. The second kappa shape index (κ2) is 9.41. The predicted octanol–water partition coefficient (Wildman–Crippen LogP) is 1.96. The lowest BCUT2D eigenvalue weighted by atomic mass is 9.91. The number of nitrogens with one attached hydrogen (secondary N) is 1. The van der Waals surface area contributed by atoms with Crippen molar-refractivity contribution < 1.29 is 23.9 Å². The highest BCUT2D eigenvalue weighted by atomic mass is 16.5. The summed E-state index contributed by atoms with van der Waals surface area (Å²) in [6.45, 7) is 2.63. The summed E-state index contributed by atoms with van der Waals surface area (Å²) in [5, 5.41) is 2.65. The molecule has 0 bridgehead atoms. The van der Waals surface area contributed by atoms with Crippen LogP contribution in [0.1, 0.15) is 30.0 Å². The first-order valence-corrected chi connectivity index (χ1v) is 9.63. The Balaban J connectivity index is 1.80. The number of hydrogen-bond donors (Lipinski definition) is 2. The van der Waals surface area contributed by atoms with Crippen molar-refractivity contribution in [1.29, 1.82) is 0 Å². The van der Waals surface area contributed by atoms with Crippen LogP contribution in [0.25, 0.3) is 0 Å². The van der Waals surface area contributed by atoms with E-state index in [0.717, 1.165) is 10.5 Å². The number of methoxy groups -OCH3 is 1. The molecule has 0 aromatic heterocycles. The molecule has 1 aliphatic heterocycles. The summed E-state index contributed by atoms with van der Waals surface area (Å²) >= 11 is 0. The van der Waals surface area contributed by atoms with E-state index in [1.807, 2.05) is 30.3 Å². The fourth-order valence-electron chi connectivity index (χ4n) is 3.52. The maximum absolute atomic E-state index is 13.1. The number of ether oxygens (including phenoxy) is 2.